The quantitative estimate of drug-likeness (QED) is 0.550. The normalized spacial score (nSPS) is 10.8. The molecule has 0 radical (unpaired) electrons. The molecule has 142 valence electrons. The first kappa shape index (κ1) is 19.6. The fraction of sp³-hybridized carbons (Fsp3) is 0.250. The van der Waals surface area contributed by atoms with E-state index in [4.69, 9.17) is 16.3 Å². The molecule has 0 fully saturated rings. The summed E-state index contributed by atoms with van der Waals surface area (Å²) in [5.74, 6) is 0.527. The number of rotatable bonds is 8. The number of hydrogen-bond donors (Lipinski definition) is 1. The molecule has 3 aromatic rings. The topological polar surface area (TPSA) is 81.9 Å². The van der Waals surface area contributed by atoms with Gasteiger partial charge in [-0.05, 0) is 25.1 Å². The van der Waals surface area contributed by atoms with Crippen molar-refractivity contribution in [1.82, 2.24) is 19.7 Å². The molecule has 0 bridgehead atoms. The average Bonchev–Trinajstić information content (AvgIpc) is 3.28. The summed E-state index contributed by atoms with van der Waals surface area (Å²) in [5.41, 5.74) is 0. The molecule has 0 saturated carbocycles. The van der Waals surface area contributed by atoms with Gasteiger partial charge in [0.1, 0.15) is 18.2 Å². The molecule has 0 aliphatic carbocycles. The molecular weight excluding hydrogens is 413 g/mol. The number of amides is 1. The zero-order valence-electron chi connectivity index (χ0n) is 14.2. The van der Waals surface area contributed by atoms with Crippen LogP contribution in [0.3, 0.4) is 0 Å². The minimum Gasteiger partial charge on any atom is -0.484 e. The lowest BCUT2D eigenvalue weighted by Gasteiger charge is -2.10. The van der Waals surface area contributed by atoms with E-state index >= 15 is 0 Å². The summed E-state index contributed by atoms with van der Waals surface area (Å²) in [4.78, 5) is 16.0. The Morgan fingerprint density at radius 3 is 3.00 bits per heavy atom. The highest BCUT2D eigenvalue weighted by atomic mass is 35.5. The Morgan fingerprint density at radius 2 is 2.30 bits per heavy atom. The predicted octanol–water partition coefficient (Wildman–Crippen LogP) is 3.86. The van der Waals surface area contributed by atoms with E-state index in [1.165, 1.54) is 41.3 Å². The van der Waals surface area contributed by atoms with Crippen LogP contribution in [-0.4, -0.2) is 31.4 Å². The summed E-state index contributed by atoms with van der Waals surface area (Å²) in [7, 11) is 0. The summed E-state index contributed by atoms with van der Waals surface area (Å²) < 4.78 is 20.6. The lowest BCUT2D eigenvalue weighted by molar-refractivity contribution is -0.113. The minimum absolute atomic E-state index is 0.123. The number of benzene rings is 1. The number of aromatic nitrogens is 4. The van der Waals surface area contributed by atoms with Gasteiger partial charge in [-0.2, -0.15) is 0 Å². The molecule has 2 aromatic heterocycles. The van der Waals surface area contributed by atoms with Crippen LogP contribution in [0.5, 0.6) is 5.75 Å². The van der Waals surface area contributed by atoms with Gasteiger partial charge in [0.2, 0.25) is 5.91 Å². The molecule has 0 aliphatic rings. The zero-order valence-corrected chi connectivity index (χ0v) is 16.6. The molecule has 1 N–H and O–H groups in total. The average molecular weight is 428 g/mol. The summed E-state index contributed by atoms with van der Waals surface area (Å²) >= 11 is 8.58. The van der Waals surface area contributed by atoms with Crippen LogP contribution in [0, 0.1) is 5.82 Å². The number of nitrogens with zero attached hydrogens (tertiary/aromatic N) is 4. The van der Waals surface area contributed by atoms with Crippen LogP contribution in [0.15, 0.2) is 34.9 Å². The number of carbonyl (C=O) groups excluding carboxylic acids is 1. The molecule has 1 amide bonds. The highest BCUT2D eigenvalue weighted by Crippen LogP contribution is 2.26. The van der Waals surface area contributed by atoms with Gasteiger partial charge in [0, 0.05) is 18.1 Å². The molecular formula is C16H15ClFN5O2S2. The molecule has 27 heavy (non-hydrogen) atoms. The van der Waals surface area contributed by atoms with Crippen molar-refractivity contribution in [3.63, 3.8) is 0 Å². The minimum atomic E-state index is -0.432. The van der Waals surface area contributed by atoms with E-state index in [0.29, 0.717) is 28.4 Å². The Balaban J connectivity index is 1.59. The monoisotopic (exact) mass is 427 g/mol. The van der Waals surface area contributed by atoms with Crippen molar-refractivity contribution >= 4 is 45.7 Å². The lowest BCUT2D eigenvalue weighted by atomic mass is 10.3. The number of thiazole rings is 1. The van der Waals surface area contributed by atoms with Crippen molar-refractivity contribution in [2.24, 2.45) is 0 Å². The fourth-order valence-electron chi connectivity index (χ4n) is 2.16. The maximum absolute atomic E-state index is 13.1. The molecule has 1 aromatic carbocycles. The van der Waals surface area contributed by atoms with Crippen LogP contribution < -0.4 is 10.1 Å². The van der Waals surface area contributed by atoms with Gasteiger partial charge in [-0.1, -0.05) is 23.4 Å². The van der Waals surface area contributed by atoms with Gasteiger partial charge in [0.15, 0.2) is 16.1 Å². The SMILES string of the molecule is CCn1c(COc2ccc(F)cc2Cl)nnc1SCC(=O)Nc1nccs1. The second-order valence-corrected chi connectivity index (χ2v) is 7.42. The summed E-state index contributed by atoms with van der Waals surface area (Å²) in [6.45, 7) is 2.68. The first-order chi connectivity index (χ1) is 13.1. The van der Waals surface area contributed by atoms with Gasteiger partial charge in [-0.25, -0.2) is 9.37 Å². The summed E-state index contributed by atoms with van der Waals surface area (Å²) in [6.07, 6.45) is 1.63. The standard InChI is InChI=1S/C16H15ClFN5O2S2/c1-2-23-13(8-25-12-4-3-10(18)7-11(12)17)21-22-16(23)27-9-14(24)20-15-19-5-6-26-15/h3-7H,2,8-9H2,1H3,(H,19,20,24). The Hall–Kier alpha value is -2.17. The third-order valence-electron chi connectivity index (χ3n) is 3.37. The number of ether oxygens (including phenoxy) is 1. The van der Waals surface area contributed by atoms with Crippen LogP contribution in [-0.2, 0) is 17.9 Å². The van der Waals surface area contributed by atoms with Crippen LogP contribution in [0.4, 0.5) is 9.52 Å². The van der Waals surface area contributed by atoms with Gasteiger partial charge in [-0.3, -0.25) is 4.79 Å². The highest BCUT2D eigenvalue weighted by Gasteiger charge is 2.15. The van der Waals surface area contributed by atoms with E-state index < -0.39 is 5.82 Å². The molecule has 0 saturated heterocycles. The Kier molecular flexibility index (Phi) is 6.64. The lowest BCUT2D eigenvalue weighted by Crippen LogP contribution is -2.14. The maximum Gasteiger partial charge on any atom is 0.236 e. The first-order valence-corrected chi connectivity index (χ1v) is 10.1. The fourth-order valence-corrected chi connectivity index (χ4v) is 3.74. The third kappa shape index (κ3) is 5.18. The number of anilines is 1. The number of thioether (sulfide) groups is 1. The van der Waals surface area contributed by atoms with E-state index in [9.17, 15) is 9.18 Å². The Labute approximate surface area is 167 Å². The number of nitrogens with one attached hydrogen (secondary N) is 1. The second kappa shape index (κ2) is 9.16. The van der Waals surface area contributed by atoms with Gasteiger partial charge in [0.05, 0.1) is 10.8 Å². The van der Waals surface area contributed by atoms with E-state index in [1.54, 1.807) is 11.6 Å². The zero-order chi connectivity index (χ0) is 19.2. The van der Waals surface area contributed by atoms with Gasteiger partial charge >= 0.3 is 0 Å². The summed E-state index contributed by atoms with van der Waals surface area (Å²) in [6, 6.07) is 3.92. The van der Waals surface area contributed by atoms with E-state index in [0.717, 1.165) is 0 Å². The van der Waals surface area contributed by atoms with Crippen LogP contribution in [0.25, 0.3) is 0 Å². The van der Waals surface area contributed by atoms with Crippen molar-refractivity contribution in [2.75, 3.05) is 11.1 Å². The molecule has 7 nitrogen and oxygen atoms in total. The predicted molar refractivity (Wildman–Crippen MR) is 103 cm³/mol. The second-order valence-electron chi connectivity index (χ2n) is 5.18. The molecule has 2 heterocycles. The maximum atomic E-state index is 13.1. The Bertz CT molecular complexity index is 920. The molecule has 0 spiro atoms. The van der Waals surface area contributed by atoms with E-state index in [1.807, 2.05) is 11.5 Å². The van der Waals surface area contributed by atoms with Crippen LogP contribution >= 0.6 is 34.7 Å². The van der Waals surface area contributed by atoms with E-state index in [-0.39, 0.29) is 23.3 Å². The third-order valence-corrected chi connectivity index (χ3v) is 5.32. The summed E-state index contributed by atoms with van der Waals surface area (Å²) in [5, 5.41) is 14.1. The van der Waals surface area contributed by atoms with Crippen molar-refractivity contribution in [3.05, 3.63) is 46.4 Å². The van der Waals surface area contributed by atoms with Crippen LogP contribution in [0.1, 0.15) is 12.7 Å². The van der Waals surface area contributed by atoms with Crippen molar-refractivity contribution in [3.8, 4) is 5.75 Å². The molecule has 0 atom stereocenters. The van der Waals surface area contributed by atoms with Crippen molar-refractivity contribution in [1.29, 1.82) is 0 Å². The highest BCUT2D eigenvalue weighted by molar-refractivity contribution is 7.99. The molecule has 0 unspecified atom stereocenters. The first-order valence-electron chi connectivity index (χ1n) is 7.89. The molecule has 0 aliphatic heterocycles. The van der Waals surface area contributed by atoms with Crippen molar-refractivity contribution in [2.45, 2.75) is 25.2 Å². The smallest absolute Gasteiger partial charge is 0.236 e. The molecule has 3 rings (SSSR count). The van der Waals surface area contributed by atoms with Gasteiger partial charge < -0.3 is 14.6 Å². The van der Waals surface area contributed by atoms with Crippen LogP contribution in [0.2, 0.25) is 5.02 Å². The van der Waals surface area contributed by atoms with Gasteiger partial charge in [0.25, 0.3) is 0 Å². The Morgan fingerprint density at radius 1 is 1.44 bits per heavy atom. The molecule has 11 heteroatoms. The number of halogens is 2. The number of carbonyl (C=O) groups is 1. The van der Waals surface area contributed by atoms with E-state index in [2.05, 4.69) is 20.5 Å². The number of hydrogen-bond acceptors (Lipinski definition) is 7. The largest absolute Gasteiger partial charge is 0.484 e. The van der Waals surface area contributed by atoms with Crippen molar-refractivity contribution < 1.29 is 13.9 Å². The van der Waals surface area contributed by atoms with Gasteiger partial charge in [-0.15, -0.1) is 21.5 Å².